The van der Waals surface area contributed by atoms with E-state index in [2.05, 4.69) is 44.8 Å². The van der Waals surface area contributed by atoms with Crippen molar-refractivity contribution in [2.75, 3.05) is 39.3 Å². The molecule has 1 fully saturated rings. The maximum absolute atomic E-state index is 5.77. The number of rotatable bonds is 8. The lowest BCUT2D eigenvalue weighted by molar-refractivity contribution is 0.0571. The van der Waals surface area contributed by atoms with Crippen LogP contribution in [0.3, 0.4) is 0 Å². The molecule has 0 bridgehead atoms. The van der Waals surface area contributed by atoms with Crippen molar-refractivity contribution in [2.24, 2.45) is 11.3 Å². The first kappa shape index (κ1) is 17.9. The van der Waals surface area contributed by atoms with E-state index in [0.29, 0.717) is 11.5 Å². The Labute approximate surface area is 126 Å². The molecule has 20 heavy (non-hydrogen) atoms. The highest BCUT2D eigenvalue weighted by atomic mass is 16.5. The fourth-order valence-corrected chi connectivity index (χ4v) is 3.10. The summed E-state index contributed by atoms with van der Waals surface area (Å²) in [5.74, 6) is 0.730. The van der Waals surface area contributed by atoms with Crippen LogP contribution in [0.15, 0.2) is 0 Å². The third-order valence-electron chi connectivity index (χ3n) is 4.65. The summed E-state index contributed by atoms with van der Waals surface area (Å²) < 4.78 is 5.77. The average Bonchev–Trinajstić information content (AvgIpc) is 2.61. The first-order valence-corrected chi connectivity index (χ1v) is 8.56. The van der Waals surface area contributed by atoms with Crippen LogP contribution in [-0.2, 0) is 4.74 Å². The molecule has 1 N–H and O–H groups in total. The van der Waals surface area contributed by atoms with Gasteiger partial charge in [-0.15, -0.1) is 0 Å². The minimum absolute atomic E-state index is 0.382. The van der Waals surface area contributed by atoms with Gasteiger partial charge in [-0.3, -0.25) is 0 Å². The summed E-state index contributed by atoms with van der Waals surface area (Å²) in [6.45, 7) is 18.1. The number of nitrogens with zero attached hydrogens (tertiary/aromatic N) is 1. The fourth-order valence-electron chi connectivity index (χ4n) is 3.10. The van der Waals surface area contributed by atoms with Crippen LogP contribution in [0, 0.1) is 11.3 Å². The molecule has 0 aliphatic carbocycles. The highest BCUT2D eigenvalue weighted by Crippen LogP contribution is 2.27. The molecular formula is C17H36N2O. The van der Waals surface area contributed by atoms with Gasteiger partial charge in [0.1, 0.15) is 0 Å². The van der Waals surface area contributed by atoms with E-state index in [1.165, 1.54) is 32.4 Å². The zero-order chi connectivity index (χ0) is 15.0. The molecule has 0 aromatic carbocycles. The molecule has 3 heteroatoms. The second kappa shape index (κ2) is 9.01. The predicted molar refractivity (Wildman–Crippen MR) is 87.2 cm³/mol. The van der Waals surface area contributed by atoms with Crippen molar-refractivity contribution in [1.82, 2.24) is 10.2 Å². The molecule has 0 spiro atoms. The van der Waals surface area contributed by atoms with Gasteiger partial charge in [0, 0.05) is 32.8 Å². The lowest BCUT2D eigenvalue weighted by atomic mass is 9.81. The van der Waals surface area contributed by atoms with Crippen LogP contribution in [0.2, 0.25) is 0 Å². The zero-order valence-corrected chi connectivity index (χ0v) is 14.4. The van der Waals surface area contributed by atoms with Gasteiger partial charge in [-0.1, -0.05) is 27.7 Å². The monoisotopic (exact) mass is 284 g/mol. The molecule has 0 amide bonds. The Balaban J connectivity index is 2.54. The van der Waals surface area contributed by atoms with Gasteiger partial charge in [-0.2, -0.15) is 0 Å². The topological polar surface area (TPSA) is 24.5 Å². The maximum atomic E-state index is 5.77. The minimum atomic E-state index is 0.382. The van der Waals surface area contributed by atoms with Crippen LogP contribution >= 0.6 is 0 Å². The van der Waals surface area contributed by atoms with Gasteiger partial charge in [-0.25, -0.2) is 0 Å². The summed E-state index contributed by atoms with van der Waals surface area (Å²) in [6.07, 6.45) is 4.06. The van der Waals surface area contributed by atoms with Crippen LogP contribution in [0.25, 0.3) is 0 Å². The maximum Gasteiger partial charge on any atom is 0.0673 e. The molecule has 0 aromatic rings. The lowest BCUT2D eigenvalue weighted by Gasteiger charge is -2.38. The number of hydrogen-bond acceptors (Lipinski definition) is 3. The molecule has 0 saturated carbocycles. The highest BCUT2D eigenvalue weighted by Gasteiger charge is 2.29. The summed E-state index contributed by atoms with van der Waals surface area (Å²) in [5.41, 5.74) is 0.416. The summed E-state index contributed by atoms with van der Waals surface area (Å²) >= 11 is 0. The molecule has 3 nitrogen and oxygen atoms in total. The normalized spacial score (nSPS) is 22.2. The van der Waals surface area contributed by atoms with E-state index in [4.69, 9.17) is 4.74 Å². The van der Waals surface area contributed by atoms with E-state index in [1.54, 1.807) is 0 Å². The Bertz CT molecular complexity index is 251. The van der Waals surface area contributed by atoms with E-state index in [-0.39, 0.29) is 0 Å². The second-order valence-electron chi connectivity index (χ2n) is 7.00. The standard InChI is InChI=1S/C17H36N2O/c1-6-17(7-2,13-18-11-15(3)4)14-19-9-8-10-20-16(5)12-19/h15-16,18H,6-14H2,1-5H3. The summed E-state index contributed by atoms with van der Waals surface area (Å²) in [7, 11) is 0. The van der Waals surface area contributed by atoms with E-state index in [1.807, 2.05) is 0 Å². The zero-order valence-electron chi connectivity index (χ0n) is 14.4. The van der Waals surface area contributed by atoms with Gasteiger partial charge in [-0.05, 0) is 44.1 Å². The van der Waals surface area contributed by atoms with Crippen LogP contribution in [-0.4, -0.2) is 50.3 Å². The van der Waals surface area contributed by atoms with E-state index in [0.717, 1.165) is 32.2 Å². The van der Waals surface area contributed by atoms with Crippen LogP contribution in [0.1, 0.15) is 53.9 Å². The molecular weight excluding hydrogens is 248 g/mol. The van der Waals surface area contributed by atoms with E-state index < -0.39 is 0 Å². The van der Waals surface area contributed by atoms with Crippen molar-refractivity contribution in [2.45, 2.75) is 60.0 Å². The van der Waals surface area contributed by atoms with E-state index in [9.17, 15) is 0 Å². The quantitative estimate of drug-likeness (QED) is 0.741. The van der Waals surface area contributed by atoms with Crippen molar-refractivity contribution in [1.29, 1.82) is 0 Å². The average molecular weight is 284 g/mol. The van der Waals surface area contributed by atoms with Crippen molar-refractivity contribution in [3.05, 3.63) is 0 Å². The molecule has 120 valence electrons. The molecule has 0 aromatic heterocycles. The molecule has 1 aliphatic heterocycles. The van der Waals surface area contributed by atoms with Crippen LogP contribution in [0.5, 0.6) is 0 Å². The Morgan fingerprint density at radius 2 is 2.00 bits per heavy atom. The van der Waals surface area contributed by atoms with Crippen molar-refractivity contribution in [3.8, 4) is 0 Å². The number of nitrogens with one attached hydrogen (secondary N) is 1. The Morgan fingerprint density at radius 1 is 1.30 bits per heavy atom. The van der Waals surface area contributed by atoms with Crippen molar-refractivity contribution >= 4 is 0 Å². The third-order valence-corrected chi connectivity index (χ3v) is 4.65. The first-order chi connectivity index (χ1) is 9.51. The van der Waals surface area contributed by atoms with Crippen molar-refractivity contribution in [3.63, 3.8) is 0 Å². The number of ether oxygens (including phenoxy) is 1. The Morgan fingerprint density at radius 3 is 2.60 bits per heavy atom. The first-order valence-electron chi connectivity index (χ1n) is 8.56. The summed E-state index contributed by atoms with van der Waals surface area (Å²) in [6, 6.07) is 0. The SMILES string of the molecule is CCC(CC)(CNCC(C)C)CN1CCCOC(C)C1. The lowest BCUT2D eigenvalue weighted by Crippen LogP contribution is -2.45. The van der Waals surface area contributed by atoms with Gasteiger partial charge < -0.3 is 15.0 Å². The number of hydrogen-bond donors (Lipinski definition) is 1. The van der Waals surface area contributed by atoms with Gasteiger partial charge in [0.25, 0.3) is 0 Å². The fraction of sp³-hybridized carbons (Fsp3) is 1.00. The molecule has 1 aliphatic rings. The van der Waals surface area contributed by atoms with Crippen LogP contribution < -0.4 is 5.32 Å². The Kier molecular flexibility index (Phi) is 8.08. The molecule has 0 radical (unpaired) electrons. The van der Waals surface area contributed by atoms with Crippen LogP contribution in [0.4, 0.5) is 0 Å². The van der Waals surface area contributed by atoms with Gasteiger partial charge >= 0.3 is 0 Å². The highest BCUT2D eigenvalue weighted by molar-refractivity contribution is 4.84. The molecule has 1 heterocycles. The summed E-state index contributed by atoms with van der Waals surface area (Å²) in [4.78, 5) is 2.63. The molecule has 1 atom stereocenters. The molecule has 1 saturated heterocycles. The van der Waals surface area contributed by atoms with Gasteiger partial charge in [0.05, 0.1) is 6.10 Å². The largest absolute Gasteiger partial charge is 0.377 e. The third kappa shape index (κ3) is 6.11. The summed E-state index contributed by atoms with van der Waals surface area (Å²) in [5, 5.41) is 3.69. The molecule has 1 rings (SSSR count). The second-order valence-corrected chi connectivity index (χ2v) is 7.00. The van der Waals surface area contributed by atoms with Crippen molar-refractivity contribution < 1.29 is 4.74 Å². The van der Waals surface area contributed by atoms with Gasteiger partial charge in [0.2, 0.25) is 0 Å². The van der Waals surface area contributed by atoms with E-state index >= 15 is 0 Å². The predicted octanol–water partition coefficient (Wildman–Crippen LogP) is 3.15. The molecule has 1 unspecified atom stereocenters. The smallest absolute Gasteiger partial charge is 0.0673 e. The van der Waals surface area contributed by atoms with Gasteiger partial charge in [0.15, 0.2) is 0 Å². The Hall–Kier alpha value is -0.120. The minimum Gasteiger partial charge on any atom is -0.377 e.